The number of aryl methyl sites for hydroxylation is 3. The number of hydrogen-bond donors (Lipinski definition) is 0. The Kier molecular flexibility index (Phi) is 5.13. The smallest absolute Gasteiger partial charge is 0.339 e. The van der Waals surface area contributed by atoms with Gasteiger partial charge in [0.2, 0.25) is 5.78 Å². The van der Waals surface area contributed by atoms with E-state index in [4.69, 9.17) is 9.15 Å². The molecule has 0 aliphatic heterocycles. The third kappa shape index (κ3) is 3.65. The average Bonchev–Trinajstić information content (AvgIpc) is 3.29. The maximum Gasteiger partial charge on any atom is 0.339 e. The molecular formula is C20H21NO4S. The molecule has 3 heterocycles. The number of rotatable bonds is 6. The second-order valence-electron chi connectivity index (χ2n) is 6.28. The number of esters is 1. The third-order valence-corrected chi connectivity index (χ3v) is 5.33. The zero-order valence-corrected chi connectivity index (χ0v) is 16.1. The Hall–Kier alpha value is -2.60. The van der Waals surface area contributed by atoms with Crippen LogP contribution in [0.1, 0.15) is 47.6 Å². The zero-order chi connectivity index (χ0) is 18.8. The Bertz CT molecular complexity index is 947. The number of carbonyl (C=O) groups is 2. The van der Waals surface area contributed by atoms with Gasteiger partial charge in [-0.3, -0.25) is 4.79 Å². The van der Waals surface area contributed by atoms with Crippen molar-refractivity contribution in [2.24, 2.45) is 0 Å². The maximum atomic E-state index is 12.5. The standard InChI is InChI=1S/C20H21NO4S/c1-12-8-17(14(3)21(12)10-16-6-5-7-24-16)19(22)11-25-20(23)18-9-13(2)26-15(18)4/h5-9H,10-11H2,1-4H3. The fourth-order valence-corrected chi connectivity index (χ4v) is 3.92. The van der Waals surface area contributed by atoms with Crippen LogP contribution in [0.3, 0.4) is 0 Å². The number of furan rings is 1. The number of thiophene rings is 1. The lowest BCUT2D eigenvalue weighted by Crippen LogP contribution is -2.15. The van der Waals surface area contributed by atoms with Crippen molar-refractivity contribution >= 4 is 23.1 Å². The van der Waals surface area contributed by atoms with E-state index in [2.05, 4.69) is 0 Å². The van der Waals surface area contributed by atoms with E-state index in [0.717, 1.165) is 26.9 Å². The summed E-state index contributed by atoms with van der Waals surface area (Å²) in [5, 5.41) is 0. The Morgan fingerprint density at radius 2 is 1.92 bits per heavy atom. The first-order chi connectivity index (χ1) is 12.4. The van der Waals surface area contributed by atoms with Crippen molar-refractivity contribution in [1.29, 1.82) is 0 Å². The quantitative estimate of drug-likeness (QED) is 0.474. The van der Waals surface area contributed by atoms with Crippen LogP contribution in [-0.2, 0) is 11.3 Å². The topological polar surface area (TPSA) is 61.4 Å². The number of carbonyl (C=O) groups excluding carboxylic acids is 2. The van der Waals surface area contributed by atoms with Gasteiger partial charge >= 0.3 is 5.97 Å². The van der Waals surface area contributed by atoms with Crippen molar-refractivity contribution in [2.45, 2.75) is 34.2 Å². The molecule has 5 nitrogen and oxygen atoms in total. The molecular weight excluding hydrogens is 350 g/mol. The van der Waals surface area contributed by atoms with E-state index in [9.17, 15) is 9.59 Å². The van der Waals surface area contributed by atoms with E-state index in [1.54, 1.807) is 12.3 Å². The SMILES string of the molecule is Cc1cc(C(=O)OCC(=O)c2cc(C)n(Cc3ccco3)c2C)c(C)s1. The fourth-order valence-electron chi connectivity index (χ4n) is 3.01. The second-order valence-corrected chi connectivity index (χ2v) is 7.74. The largest absolute Gasteiger partial charge is 0.467 e. The highest BCUT2D eigenvalue weighted by Gasteiger charge is 2.19. The lowest BCUT2D eigenvalue weighted by Gasteiger charge is -2.08. The van der Waals surface area contributed by atoms with Crippen molar-refractivity contribution < 1.29 is 18.7 Å². The zero-order valence-electron chi connectivity index (χ0n) is 15.3. The van der Waals surface area contributed by atoms with Crippen molar-refractivity contribution in [1.82, 2.24) is 4.57 Å². The molecule has 3 rings (SSSR count). The third-order valence-electron chi connectivity index (χ3n) is 4.36. The predicted molar refractivity (Wildman–Crippen MR) is 100 cm³/mol. The Labute approximate surface area is 156 Å². The highest BCUT2D eigenvalue weighted by atomic mass is 32.1. The number of hydrogen-bond acceptors (Lipinski definition) is 5. The van der Waals surface area contributed by atoms with Crippen molar-refractivity contribution in [3.63, 3.8) is 0 Å². The van der Waals surface area contributed by atoms with Crippen molar-refractivity contribution in [3.05, 3.63) is 68.6 Å². The minimum absolute atomic E-state index is 0.207. The number of nitrogens with zero attached hydrogens (tertiary/aromatic N) is 1. The minimum Gasteiger partial charge on any atom is -0.467 e. The normalized spacial score (nSPS) is 10.9. The second kappa shape index (κ2) is 7.33. The molecule has 3 aromatic heterocycles. The molecule has 136 valence electrons. The minimum atomic E-state index is -0.454. The Morgan fingerprint density at radius 3 is 2.54 bits per heavy atom. The molecule has 0 aliphatic carbocycles. The summed E-state index contributed by atoms with van der Waals surface area (Å²) in [4.78, 5) is 26.7. The summed E-state index contributed by atoms with van der Waals surface area (Å²) in [6.07, 6.45) is 1.63. The Balaban J connectivity index is 1.70. The lowest BCUT2D eigenvalue weighted by molar-refractivity contribution is 0.0474. The molecule has 0 N–H and O–H groups in total. The van der Waals surface area contributed by atoms with Crippen LogP contribution >= 0.6 is 11.3 Å². The van der Waals surface area contributed by atoms with Gasteiger partial charge in [0, 0.05) is 26.7 Å². The molecule has 0 radical (unpaired) electrons. The van der Waals surface area contributed by atoms with E-state index < -0.39 is 5.97 Å². The molecule has 0 atom stereocenters. The van der Waals surface area contributed by atoms with Gasteiger partial charge in [0.25, 0.3) is 0 Å². The van der Waals surface area contributed by atoms with Crippen LogP contribution < -0.4 is 0 Å². The van der Waals surface area contributed by atoms with E-state index in [0.29, 0.717) is 17.7 Å². The molecule has 0 saturated carbocycles. The summed E-state index contributed by atoms with van der Waals surface area (Å²) in [6, 6.07) is 7.35. The van der Waals surface area contributed by atoms with Crippen molar-refractivity contribution in [2.75, 3.05) is 6.61 Å². The molecule has 26 heavy (non-hydrogen) atoms. The number of ketones is 1. The summed E-state index contributed by atoms with van der Waals surface area (Å²) < 4.78 is 12.6. The summed E-state index contributed by atoms with van der Waals surface area (Å²) >= 11 is 1.54. The first kappa shape index (κ1) is 18.2. The molecule has 0 amide bonds. The molecule has 0 aliphatic rings. The van der Waals surface area contributed by atoms with Gasteiger partial charge in [0.05, 0.1) is 18.4 Å². The summed E-state index contributed by atoms with van der Waals surface area (Å²) in [7, 11) is 0. The van der Waals surface area contributed by atoms with Gasteiger partial charge in [-0.25, -0.2) is 4.79 Å². The van der Waals surface area contributed by atoms with Crippen LogP contribution in [0.4, 0.5) is 0 Å². The van der Waals surface area contributed by atoms with E-state index in [-0.39, 0.29) is 12.4 Å². The molecule has 0 fully saturated rings. The molecule has 3 aromatic rings. The summed E-state index contributed by atoms with van der Waals surface area (Å²) in [5.41, 5.74) is 2.89. The molecule has 0 aromatic carbocycles. The predicted octanol–water partition coefficient (Wildman–Crippen LogP) is 4.46. The monoisotopic (exact) mass is 371 g/mol. The molecule has 0 unspecified atom stereocenters. The van der Waals surface area contributed by atoms with Gasteiger partial charge in [-0.15, -0.1) is 11.3 Å². The summed E-state index contributed by atoms with van der Waals surface area (Å²) in [5.74, 6) is 0.159. The van der Waals surface area contributed by atoms with E-state index in [1.165, 1.54) is 11.3 Å². The van der Waals surface area contributed by atoms with Gasteiger partial charge < -0.3 is 13.7 Å². The molecule has 0 bridgehead atoms. The maximum absolute atomic E-state index is 12.5. The average molecular weight is 371 g/mol. The van der Waals surface area contributed by atoms with Crippen LogP contribution in [0.2, 0.25) is 0 Å². The number of aromatic nitrogens is 1. The lowest BCUT2D eigenvalue weighted by atomic mass is 10.1. The summed E-state index contributed by atoms with van der Waals surface area (Å²) in [6.45, 7) is 7.93. The van der Waals surface area contributed by atoms with Gasteiger partial charge in [-0.2, -0.15) is 0 Å². The van der Waals surface area contributed by atoms with Crippen LogP contribution in [-0.4, -0.2) is 22.9 Å². The highest BCUT2D eigenvalue weighted by molar-refractivity contribution is 7.12. The van der Waals surface area contributed by atoms with Crippen LogP contribution in [0.15, 0.2) is 34.9 Å². The van der Waals surface area contributed by atoms with Crippen LogP contribution in [0.5, 0.6) is 0 Å². The molecule has 0 saturated heterocycles. The number of ether oxygens (including phenoxy) is 1. The van der Waals surface area contributed by atoms with Crippen molar-refractivity contribution in [3.8, 4) is 0 Å². The van der Waals surface area contributed by atoms with Gasteiger partial charge in [0.1, 0.15) is 5.76 Å². The van der Waals surface area contributed by atoms with Gasteiger partial charge in [-0.05, 0) is 52.0 Å². The van der Waals surface area contributed by atoms with Crippen LogP contribution in [0.25, 0.3) is 0 Å². The number of Topliss-reactive ketones (excluding diaryl/α,β-unsaturated/α-hetero) is 1. The highest BCUT2D eigenvalue weighted by Crippen LogP contribution is 2.22. The fraction of sp³-hybridized carbons (Fsp3) is 0.300. The Morgan fingerprint density at radius 1 is 1.15 bits per heavy atom. The molecule has 0 spiro atoms. The van der Waals surface area contributed by atoms with Crippen LogP contribution in [0, 0.1) is 27.7 Å². The first-order valence-electron chi connectivity index (χ1n) is 8.33. The van der Waals surface area contributed by atoms with Gasteiger partial charge in [0.15, 0.2) is 6.61 Å². The van der Waals surface area contributed by atoms with E-state index in [1.807, 2.05) is 50.5 Å². The van der Waals surface area contributed by atoms with E-state index >= 15 is 0 Å². The molecule has 6 heteroatoms. The first-order valence-corrected chi connectivity index (χ1v) is 9.15. The van der Waals surface area contributed by atoms with Gasteiger partial charge in [-0.1, -0.05) is 0 Å².